The molecule has 0 aliphatic rings. The predicted molar refractivity (Wildman–Crippen MR) is 178 cm³/mol. The maximum absolute atomic E-state index is 12.5. The molecule has 9 heteroatoms. The maximum Gasteiger partial charge on any atom is 0.262 e. The van der Waals surface area contributed by atoms with Gasteiger partial charge in [0.15, 0.2) is 13.2 Å². The fraction of sp³-hybridized carbons (Fsp3) is 0.235. The third-order valence-corrected chi connectivity index (χ3v) is 7.40. The Kier molecular flexibility index (Phi) is 11.3. The fourth-order valence-corrected chi connectivity index (χ4v) is 4.99. The van der Waals surface area contributed by atoms with Crippen LogP contribution in [-0.4, -0.2) is 25.0 Å². The number of hydrogen-bond donors (Lipinski definition) is 2. The van der Waals surface area contributed by atoms with Crippen molar-refractivity contribution >= 4 is 55.0 Å². The summed E-state index contributed by atoms with van der Waals surface area (Å²) in [7, 11) is 0. The van der Waals surface area contributed by atoms with E-state index in [0.29, 0.717) is 34.4 Å². The highest BCUT2D eigenvalue weighted by Crippen LogP contribution is 2.31. The molecule has 0 spiro atoms. The molecule has 0 radical (unpaired) electrons. The van der Waals surface area contributed by atoms with Crippen LogP contribution in [0.4, 0.5) is 11.4 Å². The van der Waals surface area contributed by atoms with Gasteiger partial charge < -0.3 is 24.8 Å². The molecule has 0 bridgehead atoms. The van der Waals surface area contributed by atoms with Gasteiger partial charge in [-0.15, -0.1) is 0 Å². The number of rotatable bonds is 12. The number of ether oxygens (including phenoxy) is 3. The monoisotopic (exact) mass is 708 g/mol. The summed E-state index contributed by atoms with van der Waals surface area (Å²) in [5, 5.41) is 5.68. The van der Waals surface area contributed by atoms with E-state index in [4.69, 9.17) is 14.2 Å². The van der Waals surface area contributed by atoms with Crippen molar-refractivity contribution in [3.05, 3.63) is 105 Å². The van der Waals surface area contributed by atoms with Crippen molar-refractivity contribution in [1.29, 1.82) is 0 Å². The van der Waals surface area contributed by atoms with Crippen molar-refractivity contribution in [3.8, 4) is 23.0 Å². The third-order valence-electron chi connectivity index (χ3n) is 6.42. The summed E-state index contributed by atoms with van der Waals surface area (Å²) in [6, 6.07) is 25.6. The van der Waals surface area contributed by atoms with E-state index in [0.717, 1.165) is 20.1 Å². The van der Waals surface area contributed by atoms with Crippen LogP contribution in [0.3, 0.4) is 0 Å². The minimum atomic E-state index is -0.258. The molecule has 0 aromatic heterocycles. The zero-order valence-corrected chi connectivity index (χ0v) is 27.6. The van der Waals surface area contributed by atoms with E-state index in [-0.39, 0.29) is 36.9 Å². The van der Waals surface area contributed by atoms with Gasteiger partial charge >= 0.3 is 0 Å². The summed E-state index contributed by atoms with van der Waals surface area (Å²) in [5.41, 5.74) is 3.32. The first-order valence-corrected chi connectivity index (χ1v) is 15.5. The van der Waals surface area contributed by atoms with Crippen molar-refractivity contribution in [2.45, 2.75) is 39.5 Å². The van der Waals surface area contributed by atoms with Crippen LogP contribution >= 0.6 is 31.9 Å². The fourth-order valence-electron chi connectivity index (χ4n) is 4.23. The molecule has 2 N–H and O–H groups in total. The zero-order valence-electron chi connectivity index (χ0n) is 24.4. The van der Waals surface area contributed by atoms with Crippen LogP contribution in [0.2, 0.25) is 0 Å². The maximum atomic E-state index is 12.5. The Morgan fingerprint density at radius 3 is 1.33 bits per heavy atom. The largest absolute Gasteiger partial charge is 0.483 e. The molecule has 7 nitrogen and oxygen atoms in total. The topological polar surface area (TPSA) is 85.9 Å². The number of benzene rings is 4. The second kappa shape index (κ2) is 15.1. The van der Waals surface area contributed by atoms with E-state index in [2.05, 4.69) is 70.2 Å². The highest BCUT2D eigenvalue weighted by atomic mass is 79.9. The van der Waals surface area contributed by atoms with Gasteiger partial charge in [0.25, 0.3) is 11.8 Å². The second-order valence-electron chi connectivity index (χ2n) is 10.5. The molecule has 0 saturated heterocycles. The standard InChI is InChI=1S/C34H34Br2N2O5/c1-21(2)29-17-23(35)5-15-31(29)41-19-33(39)37-25-7-11-27(12-8-25)43-28-13-9-26(10-14-28)38-34(40)20-42-32-16-6-24(36)18-30(32)22(3)4/h5-18,21-22H,19-20H2,1-4H3,(H,37,39)(H,38,40). The number of hydrogen-bond acceptors (Lipinski definition) is 5. The highest BCUT2D eigenvalue weighted by Gasteiger charge is 2.13. The van der Waals surface area contributed by atoms with Crippen molar-refractivity contribution in [1.82, 2.24) is 0 Å². The normalized spacial score (nSPS) is 10.9. The lowest BCUT2D eigenvalue weighted by atomic mass is 10.0. The smallest absolute Gasteiger partial charge is 0.262 e. The average Bonchev–Trinajstić information content (AvgIpc) is 2.97. The van der Waals surface area contributed by atoms with Crippen LogP contribution in [0.15, 0.2) is 93.9 Å². The number of amides is 2. The van der Waals surface area contributed by atoms with Gasteiger partial charge in [-0.25, -0.2) is 0 Å². The van der Waals surface area contributed by atoms with Crippen molar-refractivity contribution in [3.63, 3.8) is 0 Å². The molecule has 0 aliphatic heterocycles. The predicted octanol–water partition coefficient (Wildman–Crippen LogP) is 9.29. The van der Waals surface area contributed by atoms with Gasteiger partial charge in [-0.2, -0.15) is 0 Å². The average molecular weight is 710 g/mol. The van der Waals surface area contributed by atoms with E-state index in [9.17, 15) is 9.59 Å². The highest BCUT2D eigenvalue weighted by molar-refractivity contribution is 9.10. The zero-order chi connectivity index (χ0) is 30.9. The summed E-state index contributed by atoms with van der Waals surface area (Å²) < 4.78 is 19.4. The third kappa shape index (κ3) is 9.59. The first-order valence-electron chi connectivity index (χ1n) is 13.9. The van der Waals surface area contributed by atoms with Crippen LogP contribution in [-0.2, 0) is 9.59 Å². The lowest BCUT2D eigenvalue weighted by Gasteiger charge is -2.15. The quantitative estimate of drug-likeness (QED) is 0.153. The molecular weight excluding hydrogens is 676 g/mol. The summed E-state index contributed by atoms with van der Waals surface area (Å²) in [6.45, 7) is 8.12. The van der Waals surface area contributed by atoms with E-state index in [1.165, 1.54) is 0 Å². The van der Waals surface area contributed by atoms with Crippen molar-refractivity contribution < 1.29 is 23.8 Å². The number of carbonyl (C=O) groups excluding carboxylic acids is 2. The number of anilines is 2. The second-order valence-corrected chi connectivity index (χ2v) is 12.3. The molecule has 0 fully saturated rings. The van der Waals surface area contributed by atoms with Crippen molar-refractivity contribution in [2.75, 3.05) is 23.8 Å². The van der Waals surface area contributed by atoms with Crippen LogP contribution in [0, 0.1) is 0 Å². The first-order chi connectivity index (χ1) is 20.6. The van der Waals surface area contributed by atoms with Crippen LogP contribution in [0.5, 0.6) is 23.0 Å². The van der Waals surface area contributed by atoms with Gasteiger partial charge in [0.1, 0.15) is 23.0 Å². The molecule has 4 rings (SSSR count). The molecule has 0 aliphatic carbocycles. The molecular formula is C34H34Br2N2O5. The number of halogens is 2. The minimum Gasteiger partial charge on any atom is -0.483 e. The Balaban J connectivity index is 1.24. The molecule has 2 amide bonds. The van der Waals surface area contributed by atoms with Crippen LogP contribution in [0.25, 0.3) is 0 Å². The van der Waals surface area contributed by atoms with Crippen molar-refractivity contribution in [2.24, 2.45) is 0 Å². The molecule has 4 aromatic carbocycles. The lowest BCUT2D eigenvalue weighted by molar-refractivity contribution is -0.118. The van der Waals surface area contributed by atoms with E-state index < -0.39 is 0 Å². The van der Waals surface area contributed by atoms with Gasteiger partial charge in [0, 0.05) is 20.3 Å². The van der Waals surface area contributed by atoms with Gasteiger partial charge in [0.05, 0.1) is 0 Å². The Hall–Kier alpha value is -3.82. The Morgan fingerprint density at radius 1 is 0.605 bits per heavy atom. The molecule has 0 atom stereocenters. The Morgan fingerprint density at radius 2 is 0.977 bits per heavy atom. The van der Waals surface area contributed by atoms with E-state index in [1.807, 2.05) is 36.4 Å². The first kappa shape index (κ1) is 32.1. The lowest BCUT2D eigenvalue weighted by Crippen LogP contribution is -2.20. The molecule has 4 aromatic rings. The van der Waals surface area contributed by atoms with Gasteiger partial charge in [-0.3, -0.25) is 9.59 Å². The van der Waals surface area contributed by atoms with Gasteiger partial charge in [-0.1, -0.05) is 59.6 Å². The molecule has 0 saturated carbocycles. The summed E-state index contributed by atoms with van der Waals surface area (Å²) in [4.78, 5) is 24.9. The number of nitrogens with one attached hydrogen (secondary N) is 2. The summed E-state index contributed by atoms with van der Waals surface area (Å²) in [5.74, 6) is 2.60. The minimum absolute atomic E-state index is 0.0994. The molecule has 0 unspecified atom stereocenters. The molecule has 224 valence electrons. The van der Waals surface area contributed by atoms with E-state index in [1.54, 1.807) is 48.5 Å². The van der Waals surface area contributed by atoms with Gasteiger partial charge in [-0.05, 0) is 108 Å². The Labute approximate surface area is 269 Å². The molecule has 0 heterocycles. The summed E-state index contributed by atoms with van der Waals surface area (Å²) in [6.07, 6.45) is 0. The van der Waals surface area contributed by atoms with E-state index >= 15 is 0 Å². The SMILES string of the molecule is CC(C)c1cc(Br)ccc1OCC(=O)Nc1ccc(Oc2ccc(NC(=O)COc3ccc(Br)cc3C(C)C)cc2)cc1. The molecule has 43 heavy (non-hydrogen) atoms. The summed E-state index contributed by atoms with van der Waals surface area (Å²) >= 11 is 6.96. The van der Waals surface area contributed by atoms with Gasteiger partial charge in [0.2, 0.25) is 0 Å². The number of carbonyl (C=O) groups is 2. The van der Waals surface area contributed by atoms with Crippen LogP contribution < -0.4 is 24.8 Å². The van der Waals surface area contributed by atoms with Crippen LogP contribution in [0.1, 0.15) is 50.7 Å². The Bertz CT molecular complexity index is 1440.